The van der Waals surface area contributed by atoms with Gasteiger partial charge < -0.3 is 10.1 Å². The van der Waals surface area contributed by atoms with Crippen molar-refractivity contribution in [2.24, 2.45) is 0 Å². The summed E-state index contributed by atoms with van der Waals surface area (Å²) >= 11 is 0. The zero-order chi connectivity index (χ0) is 19.2. The molecule has 0 aliphatic carbocycles. The van der Waals surface area contributed by atoms with Gasteiger partial charge in [-0.3, -0.25) is 4.79 Å². The summed E-state index contributed by atoms with van der Waals surface area (Å²) in [7, 11) is 0. The van der Waals surface area contributed by atoms with Crippen molar-refractivity contribution < 1.29 is 9.53 Å². The van der Waals surface area contributed by atoms with Crippen molar-refractivity contribution >= 4 is 11.7 Å². The summed E-state index contributed by atoms with van der Waals surface area (Å²) in [6.07, 6.45) is 2.13. The fraction of sp³-hybridized carbons (Fsp3) is 0.400. The quantitative estimate of drug-likeness (QED) is 0.770. The minimum atomic E-state index is -0.361. The molecule has 1 aliphatic heterocycles. The van der Waals surface area contributed by atoms with Crippen molar-refractivity contribution in [1.82, 2.24) is 24.9 Å². The molecule has 1 aliphatic rings. The lowest BCUT2D eigenvalue weighted by molar-refractivity contribution is 0.0618. The van der Waals surface area contributed by atoms with Crippen LogP contribution in [0.2, 0.25) is 0 Å². The lowest BCUT2D eigenvalue weighted by atomic mass is 9.89. The minimum Gasteiger partial charge on any atom is -0.487 e. The highest BCUT2D eigenvalue weighted by Crippen LogP contribution is 2.39. The Labute approximate surface area is 157 Å². The van der Waals surface area contributed by atoms with E-state index in [1.54, 1.807) is 10.6 Å². The molecule has 0 spiro atoms. The van der Waals surface area contributed by atoms with Gasteiger partial charge in [-0.15, -0.1) is 0 Å². The van der Waals surface area contributed by atoms with E-state index in [9.17, 15) is 4.79 Å². The molecular formula is C20H23N5O2. The predicted molar refractivity (Wildman–Crippen MR) is 101 cm³/mol. The highest BCUT2D eigenvalue weighted by Gasteiger charge is 2.34. The molecule has 1 atom stereocenters. The number of carbonyl (C=O) groups is 1. The number of hydrogen-bond donors (Lipinski definition) is 1. The highest BCUT2D eigenvalue weighted by atomic mass is 16.5. The fourth-order valence-corrected chi connectivity index (χ4v) is 3.53. The van der Waals surface area contributed by atoms with Crippen molar-refractivity contribution in [3.63, 3.8) is 0 Å². The van der Waals surface area contributed by atoms with Crippen LogP contribution in [0.5, 0.6) is 5.75 Å². The van der Waals surface area contributed by atoms with E-state index in [4.69, 9.17) is 4.74 Å². The SMILES string of the molecule is CC(C)c1cc(C(=O)N[C@@H]2CC(C)(C)Oc3ccccc32)nc2ncnn12. The second-order valence-corrected chi connectivity index (χ2v) is 7.82. The molecule has 0 bridgehead atoms. The third-order valence-electron chi connectivity index (χ3n) is 4.79. The third kappa shape index (κ3) is 3.25. The number of fused-ring (bicyclic) bond motifs is 2. The largest absolute Gasteiger partial charge is 0.487 e. The molecule has 1 N–H and O–H groups in total. The molecule has 3 heterocycles. The molecule has 7 nitrogen and oxygen atoms in total. The van der Waals surface area contributed by atoms with E-state index >= 15 is 0 Å². The summed E-state index contributed by atoms with van der Waals surface area (Å²) < 4.78 is 7.72. The Kier molecular flexibility index (Phi) is 4.09. The second kappa shape index (κ2) is 6.33. The average Bonchev–Trinajstić information content (AvgIpc) is 3.08. The number of aromatic nitrogens is 4. The first-order valence-electron chi connectivity index (χ1n) is 9.13. The number of ether oxygens (including phenoxy) is 1. The molecule has 7 heteroatoms. The van der Waals surface area contributed by atoms with Crippen LogP contribution < -0.4 is 10.1 Å². The van der Waals surface area contributed by atoms with Crippen LogP contribution in [0.3, 0.4) is 0 Å². The molecule has 1 amide bonds. The highest BCUT2D eigenvalue weighted by molar-refractivity contribution is 5.93. The monoisotopic (exact) mass is 365 g/mol. The molecule has 1 aromatic carbocycles. The van der Waals surface area contributed by atoms with E-state index < -0.39 is 0 Å². The normalized spacial score (nSPS) is 18.2. The van der Waals surface area contributed by atoms with Gasteiger partial charge >= 0.3 is 0 Å². The average molecular weight is 365 g/mol. The summed E-state index contributed by atoms with van der Waals surface area (Å²) in [5, 5.41) is 7.33. The summed E-state index contributed by atoms with van der Waals surface area (Å²) in [6, 6.07) is 9.47. The van der Waals surface area contributed by atoms with Gasteiger partial charge in [-0.1, -0.05) is 32.0 Å². The summed E-state index contributed by atoms with van der Waals surface area (Å²) in [5.74, 6) is 1.20. The maximum atomic E-state index is 13.0. The van der Waals surface area contributed by atoms with Crippen LogP contribution in [0.4, 0.5) is 0 Å². The maximum Gasteiger partial charge on any atom is 0.270 e. The topological polar surface area (TPSA) is 81.4 Å². The molecule has 0 fully saturated rings. The summed E-state index contributed by atoms with van der Waals surface area (Å²) in [6.45, 7) is 8.16. The molecule has 0 saturated carbocycles. The molecule has 140 valence electrons. The Morgan fingerprint density at radius 2 is 2.11 bits per heavy atom. The van der Waals surface area contributed by atoms with Crippen LogP contribution >= 0.6 is 0 Å². The van der Waals surface area contributed by atoms with Crippen LogP contribution in [-0.2, 0) is 0 Å². The third-order valence-corrected chi connectivity index (χ3v) is 4.79. The van der Waals surface area contributed by atoms with Gasteiger partial charge in [-0.05, 0) is 31.9 Å². The van der Waals surface area contributed by atoms with Gasteiger partial charge in [-0.2, -0.15) is 10.1 Å². The molecule has 0 radical (unpaired) electrons. The first-order valence-corrected chi connectivity index (χ1v) is 9.13. The smallest absolute Gasteiger partial charge is 0.270 e. The number of nitrogens with zero attached hydrogens (tertiary/aromatic N) is 4. The Hall–Kier alpha value is -2.96. The van der Waals surface area contributed by atoms with Crippen LogP contribution in [-0.4, -0.2) is 31.1 Å². The van der Waals surface area contributed by atoms with E-state index in [0.29, 0.717) is 17.9 Å². The molecular weight excluding hydrogens is 342 g/mol. The fourth-order valence-electron chi connectivity index (χ4n) is 3.53. The van der Waals surface area contributed by atoms with Crippen LogP contribution in [0, 0.1) is 0 Å². The number of rotatable bonds is 3. The molecule has 0 saturated heterocycles. The standard InChI is InChI=1S/C20H23N5O2/c1-12(2)16-9-14(24-19-21-11-22-25(16)19)18(26)23-15-10-20(3,4)27-17-8-6-5-7-13(15)17/h5-9,11-12,15H,10H2,1-4H3,(H,23,26)/t15-/m1/s1. The zero-order valence-electron chi connectivity index (χ0n) is 15.9. The van der Waals surface area contributed by atoms with Gasteiger partial charge in [0, 0.05) is 12.0 Å². The number of carbonyl (C=O) groups excluding carboxylic acids is 1. The molecule has 0 unspecified atom stereocenters. The van der Waals surface area contributed by atoms with E-state index in [-0.39, 0.29) is 23.5 Å². The van der Waals surface area contributed by atoms with E-state index in [2.05, 4.69) is 34.2 Å². The van der Waals surface area contributed by atoms with Crippen LogP contribution in [0.25, 0.3) is 5.78 Å². The lowest BCUT2D eigenvalue weighted by Gasteiger charge is -2.37. The number of hydrogen-bond acceptors (Lipinski definition) is 5. The van der Waals surface area contributed by atoms with Crippen molar-refractivity contribution in [1.29, 1.82) is 0 Å². The molecule has 2 aromatic heterocycles. The minimum absolute atomic E-state index is 0.143. The zero-order valence-corrected chi connectivity index (χ0v) is 15.9. The Morgan fingerprint density at radius 1 is 1.33 bits per heavy atom. The predicted octanol–water partition coefficient (Wildman–Crippen LogP) is 3.28. The van der Waals surface area contributed by atoms with Gasteiger partial charge in [0.15, 0.2) is 0 Å². The maximum absolute atomic E-state index is 13.0. The first kappa shape index (κ1) is 17.5. The molecule has 3 aromatic rings. The van der Waals surface area contributed by atoms with Crippen molar-refractivity contribution in [3.8, 4) is 5.75 Å². The van der Waals surface area contributed by atoms with Gasteiger partial charge in [0.2, 0.25) is 0 Å². The second-order valence-electron chi connectivity index (χ2n) is 7.82. The van der Waals surface area contributed by atoms with E-state index in [0.717, 1.165) is 17.0 Å². The summed E-state index contributed by atoms with van der Waals surface area (Å²) in [5.41, 5.74) is 1.87. The molecule has 27 heavy (non-hydrogen) atoms. The van der Waals surface area contributed by atoms with Crippen LogP contribution in [0.15, 0.2) is 36.7 Å². The number of para-hydroxylation sites is 1. The van der Waals surface area contributed by atoms with Gasteiger partial charge in [0.1, 0.15) is 23.4 Å². The number of amides is 1. The van der Waals surface area contributed by atoms with Gasteiger partial charge in [-0.25, -0.2) is 9.50 Å². The Morgan fingerprint density at radius 3 is 2.89 bits per heavy atom. The Balaban J connectivity index is 1.67. The lowest BCUT2D eigenvalue weighted by Crippen LogP contribution is -2.41. The number of benzene rings is 1. The van der Waals surface area contributed by atoms with Gasteiger partial charge in [0.25, 0.3) is 11.7 Å². The Bertz CT molecular complexity index is 1010. The van der Waals surface area contributed by atoms with E-state index in [1.807, 2.05) is 38.1 Å². The summed E-state index contributed by atoms with van der Waals surface area (Å²) in [4.78, 5) is 21.5. The van der Waals surface area contributed by atoms with Crippen molar-refractivity contribution in [2.45, 2.75) is 51.7 Å². The number of nitrogens with one attached hydrogen (secondary N) is 1. The van der Waals surface area contributed by atoms with Crippen LogP contribution in [0.1, 0.15) is 67.8 Å². The van der Waals surface area contributed by atoms with Gasteiger partial charge in [0.05, 0.1) is 11.7 Å². The first-order chi connectivity index (χ1) is 12.8. The molecule has 4 rings (SSSR count). The van der Waals surface area contributed by atoms with Crippen molar-refractivity contribution in [2.75, 3.05) is 0 Å². The van der Waals surface area contributed by atoms with Crippen molar-refractivity contribution in [3.05, 3.63) is 53.6 Å². The van der Waals surface area contributed by atoms with E-state index in [1.165, 1.54) is 6.33 Å².